The summed E-state index contributed by atoms with van der Waals surface area (Å²) in [4.78, 5) is 11.7. The number of carbonyl (C=O) groups is 1. The summed E-state index contributed by atoms with van der Waals surface area (Å²) in [5.74, 6) is 0.997. The standard InChI is InChI=1S/C22H32O2/c1-19-12-14-21(15-13-19)10-8-18-24-22(23)11-7-5-3-2-4-6-9-20-16-17-20/h8,10,12-15,20H,2-7,9,11,16-18H2,1H3. The zero-order valence-electron chi connectivity index (χ0n) is 15.1. The van der Waals surface area contributed by atoms with E-state index in [2.05, 4.69) is 31.2 Å². The fraction of sp³-hybridized carbons (Fsp3) is 0.591. The Kier molecular flexibility index (Phi) is 8.65. The summed E-state index contributed by atoms with van der Waals surface area (Å²) in [7, 11) is 0. The summed E-state index contributed by atoms with van der Waals surface area (Å²) in [6.45, 7) is 2.44. The molecule has 1 aliphatic rings. The van der Waals surface area contributed by atoms with E-state index in [0.717, 1.165) is 24.3 Å². The molecule has 0 aromatic heterocycles. The van der Waals surface area contributed by atoms with E-state index in [1.165, 1.54) is 50.5 Å². The van der Waals surface area contributed by atoms with Gasteiger partial charge in [-0.2, -0.15) is 0 Å². The summed E-state index contributed by atoms with van der Waals surface area (Å²) in [5, 5.41) is 0. The molecule has 0 N–H and O–H groups in total. The molecular weight excluding hydrogens is 296 g/mol. The summed E-state index contributed by atoms with van der Waals surface area (Å²) >= 11 is 0. The first kappa shape index (κ1) is 18.8. The molecule has 0 amide bonds. The van der Waals surface area contributed by atoms with Crippen LogP contribution in [0.25, 0.3) is 6.08 Å². The second-order valence-corrected chi connectivity index (χ2v) is 7.10. The average Bonchev–Trinajstić information content (AvgIpc) is 3.40. The molecule has 2 heteroatoms. The third-order valence-corrected chi connectivity index (χ3v) is 4.67. The Morgan fingerprint density at radius 3 is 2.42 bits per heavy atom. The van der Waals surface area contributed by atoms with Gasteiger partial charge in [0.15, 0.2) is 0 Å². The third kappa shape index (κ3) is 8.90. The second kappa shape index (κ2) is 11.1. The van der Waals surface area contributed by atoms with Crippen LogP contribution < -0.4 is 0 Å². The Morgan fingerprint density at radius 1 is 1.04 bits per heavy atom. The minimum atomic E-state index is -0.0720. The van der Waals surface area contributed by atoms with Crippen LogP contribution in [0.4, 0.5) is 0 Å². The fourth-order valence-corrected chi connectivity index (χ4v) is 2.89. The van der Waals surface area contributed by atoms with Gasteiger partial charge in [-0.1, -0.05) is 87.3 Å². The van der Waals surface area contributed by atoms with Crippen molar-refractivity contribution in [3.63, 3.8) is 0 Å². The van der Waals surface area contributed by atoms with Gasteiger partial charge in [-0.3, -0.25) is 4.79 Å². The third-order valence-electron chi connectivity index (χ3n) is 4.67. The van der Waals surface area contributed by atoms with Crippen LogP contribution in [0.2, 0.25) is 0 Å². The minimum Gasteiger partial charge on any atom is -0.461 e. The average molecular weight is 328 g/mol. The Morgan fingerprint density at radius 2 is 1.71 bits per heavy atom. The number of esters is 1. The van der Waals surface area contributed by atoms with E-state index >= 15 is 0 Å². The molecule has 0 spiro atoms. The topological polar surface area (TPSA) is 26.3 Å². The predicted molar refractivity (Wildman–Crippen MR) is 101 cm³/mol. The first-order valence-corrected chi connectivity index (χ1v) is 9.63. The molecule has 1 aliphatic carbocycles. The molecule has 0 unspecified atom stereocenters. The largest absolute Gasteiger partial charge is 0.461 e. The molecule has 1 saturated carbocycles. The molecule has 0 heterocycles. The monoisotopic (exact) mass is 328 g/mol. The van der Waals surface area contributed by atoms with Crippen molar-refractivity contribution in [2.45, 2.75) is 71.1 Å². The molecule has 0 atom stereocenters. The number of aryl methyl sites for hydroxylation is 1. The quantitative estimate of drug-likeness (QED) is 0.343. The first-order chi connectivity index (χ1) is 11.7. The maximum Gasteiger partial charge on any atom is 0.306 e. The van der Waals surface area contributed by atoms with Crippen LogP contribution >= 0.6 is 0 Å². The lowest BCUT2D eigenvalue weighted by Gasteiger charge is -2.03. The zero-order valence-corrected chi connectivity index (χ0v) is 15.1. The Balaban J connectivity index is 1.41. The number of unbranched alkanes of at least 4 members (excludes halogenated alkanes) is 5. The molecule has 0 radical (unpaired) electrons. The molecule has 132 valence electrons. The van der Waals surface area contributed by atoms with Gasteiger partial charge >= 0.3 is 5.97 Å². The highest BCUT2D eigenvalue weighted by atomic mass is 16.5. The minimum absolute atomic E-state index is 0.0720. The number of hydrogen-bond acceptors (Lipinski definition) is 2. The van der Waals surface area contributed by atoms with Crippen molar-refractivity contribution in [2.75, 3.05) is 6.61 Å². The second-order valence-electron chi connectivity index (χ2n) is 7.10. The van der Waals surface area contributed by atoms with Gasteiger partial charge in [-0.25, -0.2) is 0 Å². The van der Waals surface area contributed by atoms with Gasteiger partial charge < -0.3 is 4.74 Å². The van der Waals surface area contributed by atoms with Crippen molar-refractivity contribution in [1.82, 2.24) is 0 Å². The number of rotatable bonds is 12. The number of hydrogen-bond donors (Lipinski definition) is 0. The van der Waals surface area contributed by atoms with E-state index in [9.17, 15) is 4.79 Å². The van der Waals surface area contributed by atoms with E-state index in [1.807, 2.05) is 12.2 Å². The van der Waals surface area contributed by atoms with Gasteiger partial charge in [0.25, 0.3) is 0 Å². The molecule has 0 bridgehead atoms. The number of benzene rings is 1. The van der Waals surface area contributed by atoms with Gasteiger partial charge in [-0.15, -0.1) is 0 Å². The van der Waals surface area contributed by atoms with E-state index in [0.29, 0.717) is 13.0 Å². The molecule has 2 rings (SSSR count). The van der Waals surface area contributed by atoms with Crippen molar-refractivity contribution >= 4 is 12.0 Å². The predicted octanol–water partition coefficient (Wildman–Crippen LogP) is 6.08. The van der Waals surface area contributed by atoms with Crippen LogP contribution in [0.5, 0.6) is 0 Å². The van der Waals surface area contributed by atoms with Gasteiger partial charge in [0, 0.05) is 6.42 Å². The van der Waals surface area contributed by atoms with Crippen LogP contribution in [-0.4, -0.2) is 12.6 Å². The molecule has 1 aromatic carbocycles. The van der Waals surface area contributed by atoms with Crippen molar-refractivity contribution in [1.29, 1.82) is 0 Å². The lowest BCUT2D eigenvalue weighted by molar-refractivity contribution is -0.142. The van der Waals surface area contributed by atoms with Gasteiger partial charge in [0.05, 0.1) is 0 Å². The van der Waals surface area contributed by atoms with Gasteiger partial charge in [0.1, 0.15) is 6.61 Å². The van der Waals surface area contributed by atoms with Crippen LogP contribution in [0, 0.1) is 12.8 Å². The van der Waals surface area contributed by atoms with Gasteiger partial charge in [0.2, 0.25) is 0 Å². The summed E-state index contributed by atoms with van der Waals surface area (Å²) in [6.07, 6.45) is 16.3. The summed E-state index contributed by atoms with van der Waals surface area (Å²) < 4.78 is 5.24. The maximum atomic E-state index is 11.7. The molecule has 1 aromatic rings. The van der Waals surface area contributed by atoms with E-state index in [-0.39, 0.29) is 5.97 Å². The van der Waals surface area contributed by atoms with Crippen molar-refractivity contribution in [3.05, 3.63) is 41.5 Å². The van der Waals surface area contributed by atoms with Crippen LogP contribution in [-0.2, 0) is 9.53 Å². The molecule has 24 heavy (non-hydrogen) atoms. The lowest BCUT2D eigenvalue weighted by atomic mass is 10.1. The zero-order chi connectivity index (χ0) is 17.0. The number of carbonyl (C=O) groups excluding carboxylic acids is 1. The SMILES string of the molecule is Cc1ccc(C=CCOC(=O)CCCCCCCCC2CC2)cc1. The summed E-state index contributed by atoms with van der Waals surface area (Å²) in [6, 6.07) is 8.30. The first-order valence-electron chi connectivity index (χ1n) is 9.63. The van der Waals surface area contributed by atoms with Crippen LogP contribution in [0.3, 0.4) is 0 Å². The molecule has 2 nitrogen and oxygen atoms in total. The molecule has 0 aliphatic heterocycles. The maximum absolute atomic E-state index is 11.7. The van der Waals surface area contributed by atoms with Crippen molar-refractivity contribution in [3.8, 4) is 0 Å². The Labute approximate surface area is 147 Å². The van der Waals surface area contributed by atoms with Crippen molar-refractivity contribution in [2.24, 2.45) is 5.92 Å². The summed E-state index contributed by atoms with van der Waals surface area (Å²) in [5.41, 5.74) is 2.39. The smallest absolute Gasteiger partial charge is 0.306 e. The van der Waals surface area contributed by atoms with Crippen LogP contribution in [0.1, 0.15) is 75.3 Å². The highest BCUT2D eigenvalue weighted by Crippen LogP contribution is 2.34. The van der Waals surface area contributed by atoms with E-state index < -0.39 is 0 Å². The lowest BCUT2D eigenvalue weighted by Crippen LogP contribution is -2.03. The van der Waals surface area contributed by atoms with Crippen molar-refractivity contribution < 1.29 is 9.53 Å². The molecular formula is C22H32O2. The highest BCUT2D eigenvalue weighted by molar-refractivity contribution is 5.69. The normalized spacial score (nSPS) is 14.2. The Bertz CT molecular complexity index is 497. The molecule has 0 saturated heterocycles. The van der Waals surface area contributed by atoms with E-state index in [4.69, 9.17) is 4.74 Å². The fourth-order valence-electron chi connectivity index (χ4n) is 2.89. The highest BCUT2D eigenvalue weighted by Gasteiger charge is 2.19. The van der Waals surface area contributed by atoms with Gasteiger partial charge in [-0.05, 0) is 30.9 Å². The molecule has 1 fully saturated rings. The number of ether oxygens (including phenoxy) is 1. The van der Waals surface area contributed by atoms with Crippen LogP contribution in [0.15, 0.2) is 30.3 Å². The van der Waals surface area contributed by atoms with E-state index in [1.54, 1.807) is 0 Å². The Hall–Kier alpha value is -1.57.